The summed E-state index contributed by atoms with van der Waals surface area (Å²) < 4.78 is 13.3. The molecule has 1 aromatic heterocycles. The number of H-pyrrole nitrogens is 1. The molecule has 120 valence electrons. The molecule has 0 radical (unpaired) electrons. The van der Waals surface area contributed by atoms with Crippen molar-refractivity contribution in [3.05, 3.63) is 46.0 Å². The molecule has 1 amide bonds. The van der Waals surface area contributed by atoms with Gasteiger partial charge >= 0.3 is 5.97 Å². The first-order valence-corrected chi connectivity index (χ1v) is 7.15. The largest absolute Gasteiger partial charge is 0.481 e. The van der Waals surface area contributed by atoms with Crippen molar-refractivity contribution in [2.24, 2.45) is 5.41 Å². The second-order valence-electron chi connectivity index (χ2n) is 6.08. The summed E-state index contributed by atoms with van der Waals surface area (Å²) in [5, 5.41) is 9.68. The number of pyridine rings is 1. The predicted octanol–water partition coefficient (Wildman–Crippen LogP) is 1.60. The first kappa shape index (κ1) is 15.2. The van der Waals surface area contributed by atoms with E-state index in [0.717, 1.165) is 6.07 Å². The fourth-order valence-corrected chi connectivity index (χ4v) is 2.89. The van der Waals surface area contributed by atoms with Gasteiger partial charge in [0.25, 0.3) is 5.91 Å². The van der Waals surface area contributed by atoms with E-state index in [1.54, 1.807) is 6.92 Å². The number of hydrogen-bond donors (Lipinski definition) is 2. The van der Waals surface area contributed by atoms with E-state index in [2.05, 4.69) is 4.98 Å². The normalized spacial score (nSPS) is 20.9. The number of benzene rings is 1. The number of nitrogens with zero attached hydrogens (tertiary/aromatic N) is 1. The number of aliphatic carboxylic acids is 1. The number of amides is 1. The van der Waals surface area contributed by atoms with Crippen LogP contribution in [0.5, 0.6) is 0 Å². The van der Waals surface area contributed by atoms with Crippen LogP contribution in [0.3, 0.4) is 0 Å². The lowest BCUT2D eigenvalue weighted by atomic mass is 9.90. The van der Waals surface area contributed by atoms with Crippen molar-refractivity contribution in [3.8, 4) is 0 Å². The number of aromatic amines is 1. The molecule has 0 unspecified atom stereocenters. The highest BCUT2D eigenvalue weighted by Crippen LogP contribution is 2.31. The van der Waals surface area contributed by atoms with Gasteiger partial charge in [-0.2, -0.15) is 0 Å². The second-order valence-corrected chi connectivity index (χ2v) is 6.08. The van der Waals surface area contributed by atoms with Gasteiger partial charge < -0.3 is 15.0 Å². The third kappa shape index (κ3) is 2.58. The summed E-state index contributed by atoms with van der Waals surface area (Å²) in [6.45, 7) is 1.97. The molecule has 1 aromatic carbocycles. The highest BCUT2D eigenvalue weighted by molar-refractivity contribution is 6.06. The lowest BCUT2D eigenvalue weighted by molar-refractivity contribution is -0.147. The number of likely N-dealkylation sites (tertiary alicyclic amines) is 1. The van der Waals surface area contributed by atoms with Crippen molar-refractivity contribution < 1.29 is 19.1 Å². The van der Waals surface area contributed by atoms with Gasteiger partial charge in [0.1, 0.15) is 5.82 Å². The lowest BCUT2D eigenvalue weighted by Gasteiger charge is -2.20. The van der Waals surface area contributed by atoms with Gasteiger partial charge in [-0.05, 0) is 31.5 Å². The second kappa shape index (κ2) is 5.19. The van der Waals surface area contributed by atoms with Crippen LogP contribution < -0.4 is 5.56 Å². The van der Waals surface area contributed by atoms with E-state index < -0.39 is 28.7 Å². The number of nitrogens with one attached hydrogen (secondary N) is 1. The van der Waals surface area contributed by atoms with Crippen molar-refractivity contribution in [1.29, 1.82) is 0 Å². The number of hydrogen-bond acceptors (Lipinski definition) is 3. The third-order valence-electron chi connectivity index (χ3n) is 4.31. The molecule has 6 nitrogen and oxygen atoms in total. The minimum Gasteiger partial charge on any atom is -0.481 e. The molecule has 0 bridgehead atoms. The van der Waals surface area contributed by atoms with Crippen LogP contribution in [-0.4, -0.2) is 40.0 Å². The van der Waals surface area contributed by atoms with Crippen molar-refractivity contribution in [2.75, 3.05) is 13.1 Å². The maximum Gasteiger partial charge on any atom is 0.311 e. The Morgan fingerprint density at radius 3 is 2.74 bits per heavy atom. The fourth-order valence-electron chi connectivity index (χ4n) is 2.89. The van der Waals surface area contributed by atoms with Gasteiger partial charge in [0, 0.05) is 24.5 Å². The Morgan fingerprint density at radius 2 is 2.09 bits per heavy atom. The Kier molecular flexibility index (Phi) is 3.43. The SMILES string of the molecule is C[C@@]1(C(=O)O)CCN(C(=O)c2cc(=O)[nH]c3cc(F)ccc23)C1. The standard InChI is InChI=1S/C16H15FN2O4/c1-16(15(22)23)4-5-19(8-16)14(21)11-7-13(20)18-12-6-9(17)2-3-10(11)12/h2-3,6-7H,4-5,8H2,1H3,(H,18,20)(H,22,23)/t16-/m1/s1. The molecule has 1 aliphatic rings. The van der Waals surface area contributed by atoms with Crippen LogP contribution in [-0.2, 0) is 4.79 Å². The van der Waals surface area contributed by atoms with Gasteiger partial charge in [0.05, 0.1) is 16.5 Å². The summed E-state index contributed by atoms with van der Waals surface area (Å²) in [4.78, 5) is 39.6. The molecule has 2 heterocycles. The lowest BCUT2D eigenvalue weighted by Crippen LogP contribution is -2.35. The molecule has 7 heteroatoms. The first-order valence-electron chi connectivity index (χ1n) is 7.15. The Hall–Kier alpha value is -2.70. The number of fused-ring (bicyclic) bond motifs is 1. The van der Waals surface area contributed by atoms with Crippen molar-refractivity contribution in [2.45, 2.75) is 13.3 Å². The van der Waals surface area contributed by atoms with Gasteiger partial charge in [0.15, 0.2) is 0 Å². The average molecular weight is 318 g/mol. The third-order valence-corrected chi connectivity index (χ3v) is 4.31. The summed E-state index contributed by atoms with van der Waals surface area (Å²) in [6.07, 6.45) is 0.351. The van der Waals surface area contributed by atoms with Crippen LogP contribution in [0, 0.1) is 11.2 Å². The Morgan fingerprint density at radius 1 is 1.35 bits per heavy atom. The number of carboxylic acids is 1. The fraction of sp³-hybridized carbons (Fsp3) is 0.312. The number of carboxylic acid groups (broad SMARTS) is 1. The quantitative estimate of drug-likeness (QED) is 0.880. The molecule has 1 aliphatic heterocycles. The number of aromatic nitrogens is 1. The number of rotatable bonds is 2. The molecule has 0 saturated carbocycles. The van der Waals surface area contributed by atoms with Crippen LogP contribution in [0.1, 0.15) is 23.7 Å². The van der Waals surface area contributed by atoms with Crippen LogP contribution in [0.4, 0.5) is 4.39 Å². The molecule has 2 N–H and O–H groups in total. The van der Waals surface area contributed by atoms with Crippen LogP contribution >= 0.6 is 0 Å². The summed E-state index contributed by atoms with van der Waals surface area (Å²) in [5.74, 6) is -1.89. The monoisotopic (exact) mass is 318 g/mol. The molecule has 1 saturated heterocycles. The van der Waals surface area contributed by atoms with Crippen LogP contribution in [0.15, 0.2) is 29.1 Å². The van der Waals surface area contributed by atoms with E-state index in [-0.39, 0.29) is 17.6 Å². The van der Waals surface area contributed by atoms with E-state index in [1.807, 2.05) is 0 Å². The maximum absolute atomic E-state index is 13.3. The zero-order valence-corrected chi connectivity index (χ0v) is 12.4. The first-order chi connectivity index (χ1) is 10.8. The molecular weight excluding hydrogens is 303 g/mol. The van der Waals surface area contributed by atoms with Gasteiger partial charge in [-0.1, -0.05) is 0 Å². The summed E-state index contributed by atoms with van der Waals surface area (Å²) in [6, 6.07) is 4.96. The molecule has 1 atom stereocenters. The van der Waals surface area contributed by atoms with Crippen LogP contribution in [0.2, 0.25) is 0 Å². The smallest absolute Gasteiger partial charge is 0.311 e. The number of carbonyl (C=O) groups is 2. The number of halogens is 1. The molecule has 3 rings (SSSR count). The molecule has 23 heavy (non-hydrogen) atoms. The van der Waals surface area contributed by atoms with Crippen molar-refractivity contribution in [1.82, 2.24) is 9.88 Å². The zero-order chi connectivity index (χ0) is 16.8. The van der Waals surface area contributed by atoms with Crippen LogP contribution in [0.25, 0.3) is 10.9 Å². The summed E-state index contributed by atoms with van der Waals surface area (Å²) in [7, 11) is 0. The minimum absolute atomic E-state index is 0.0800. The van der Waals surface area contributed by atoms with Crippen molar-refractivity contribution >= 4 is 22.8 Å². The summed E-state index contributed by atoms with van der Waals surface area (Å²) in [5.41, 5.74) is -1.11. The molecule has 0 spiro atoms. The minimum atomic E-state index is -0.987. The van der Waals surface area contributed by atoms with E-state index in [0.29, 0.717) is 18.4 Å². The maximum atomic E-state index is 13.3. The van der Waals surface area contributed by atoms with Gasteiger partial charge in [0.2, 0.25) is 5.56 Å². The predicted molar refractivity (Wildman–Crippen MR) is 80.8 cm³/mol. The molecule has 1 fully saturated rings. The molecule has 0 aliphatic carbocycles. The Balaban J connectivity index is 2.02. The van der Waals surface area contributed by atoms with E-state index in [9.17, 15) is 23.9 Å². The zero-order valence-electron chi connectivity index (χ0n) is 12.4. The van der Waals surface area contributed by atoms with E-state index >= 15 is 0 Å². The molecule has 2 aromatic rings. The highest BCUT2D eigenvalue weighted by atomic mass is 19.1. The summed E-state index contributed by atoms with van der Waals surface area (Å²) >= 11 is 0. The Labute approximate surface area is 130 Å². The van der Waals surface area contributed by atoms with E-state index in [4.69, 9.17) is 0 Å². The van der Waals surface area contributed by atoms with Gasteiger partial charge in [-0.25, -0.2) is 4.39 Å². The van der Waals surface area contributed by atoms with E-state index in [1.165, 1.54) is 23.1 Å². The molecular formula is C16H15FN2O4. The average Bonchev–Trinajstić information content (AvgIpc) is 2.89. The Bertz CT molecular complexity index is 876. The highest BCUT2D eigenvalue weighted by Gasteiger charge is 2.42. The van der Waals surface area contributed by atoms with Crippen molar-refractivity contribution in [3.63, 3.8) is 0 Å². The van der Waals surface area contributed by atoms with Gasteiger partial charge in [-0.15, -0.1) is 0 Å². The van der Waals surface area contributed by atoms with Gasteiger partial charge in [-0.3, -0.25) is 14.4 Å². The topological polar surface area (TPSA) is 90.5 Å². The number of carbonyl (C=O) groups excluding carboxylic acids is 1.